The van der Waals surface area contributed by atoms with Gasteiger partial charge in [0.05, 0.1) is 6.42 Å². The lowest BCUT2D eigenvalue weighted by molar-refractivity contribution is -0.136. The van der Waals surface area contributed by atoms with Crippen LogP contribution < -0.4 is 5.73 Å². The Morgan fingerprint density at radius 1 is 1.83 bits per heavy atom. The first-order chi connectivity index (χ1) is 2.77. The third kappa shape index (κ3) is 3.43. The number of hydrogen-bond donors (Lipinski definition) is 2. The van der Waals surface area contributed by atoms with Gasteiger partial charge in [0.1, 0.15) is 0 Å². The quantitative estimate of drug-likeness (QED) is 0.354. The maximum absolute atomic E-state index is 9.52. The van der Waals surface area contributed by atoms with Crippen molar-refractivity contribution in [1.82, 2.24) is 0 Å². The van der Waals surface area contributed by atoms with Crippen molar-refractivity contribution in [2.24, 2.45) is 5.73 Å². The van der Waals surface area contributed by atoms with Gasteiger partial charge in [-0.3, -0.25) is 4.79 Å². The van der Waals surface area contributed by atoms with Crippen LogP contribution in [0.25, 0.3) is 0 Å². The maximum atomic E-state index is 9.52. The van der Waals surface area contributed by atoms with E-state index in [0.717, 1.165) is 0 Å². The summed E-state index contributed by atoms with van der Waals surface area (Å²) < 4.78 is 0. The molecule has 0 aliphatic heterocycles. The van der Waals surface area contributed by atoms with Gasteiger partial charge in [-0.15, -0.1) is 0 Å². The van der Waals surface area contributed by atoms with E-state index >= 15 is 0 Å². The molecule has 0 rings (SSSR count). The van der Waals surface area contributed by atoms with Crippen LogP contribution in [-0.4, -0.2) is 17.6 Å². The summed E-state index contributed by atoms with van der Waals surface area (Å²) in [5.74, 6) is -0.836. The minimum absolute atomic E-state index is 0.0694. The monoisotopic (exact) mass is 93.1 g/mol. The molecule has 3 nitrogen and oxygen atoms in total. The van der Waals surface area contributed by atoms with Crippen LogP contribution in [0.3, 0.4) is 0 Å². The highest BCUT2D eigenvalue weighted by atomic mass is 16.5. The van der Waals surface area contributed by atoms with E-state index in [1.165, 1.54) is 0 Å². The number of carboxylic acids is 1. The molecule has 0 heterocycles. The largest absolute Gasteiger partial charge is 0.481 e. The predicted octanol–water partition coefficient (Wildman–Crippen LogP) is -0.580. The molecule has 0 fully saturated rings. The Kier molecular flexibility index (Phi) is 2.40. The molecule has 0 saturated heterocycles. The van der Waals surface area contributed by atoms with Crippen LogP contribution in [0.4, 0.5) is 0 Å². The Labute approximate surface area is 35.8 Å². The molecular formula is C3H7NO2. The molecule has 0 radical (unpaired) electrons. The van der Waals surface area contributed by atoms with Crippen LogP contribution in [0.15, 0.2) is 0 Å². The lowest BCUT2D eigenvalue weighted by Gasteiger charge is -1.80. The molecule has 36 valence electrons. The average molecular weight is 93.1 g/mol. The molecule has 0 saturated carbocycles. The summed E-state index contributed by atoms with van der Waals surface area (Å²) in [5, 5.41) is 7.83. The second-order valence-electron chi connectivity index (χ2n) is 0.932. The van der Waals surface area contributed by atoms with Crippen molar-refractivity contribution in [1.29, 1.82) is 0 Å². The molecular weight excluding hydrogens is 86.0 g/mol. The third-order valence-corrected chi connectivity index (χ3v) is 0.358. The Morgan fingerprint density at radius 2 is 2.33 bits per heavy atom. The van der Waals surface area contributed by atoms with Gasteiger partial charge in [0.2, 0.25) is 0 Å². The second-order valence-corrected chi connectivity index (χ2v) is 0.932. The zero-order valence-electron chi connectivity index (χ0n) is 3.35. The average Bonchev–Trinajstić information content (AvgIpc) is 1.35. The maximum Gasteiger partial charge on any atom is 0.304 e. The van der Waals surface area contributed by atoms with Crippen molar-refractivity contribution in [2.45, 2.75) is 6.42 Å². The van der Waals surface area contributed by atoms with Crippen LogP contribution in [0.1, 0.15) is 6.42 Å². The van der Waals surface area contributed by atoms with Gasteiger partial charge in [-0.1, -0.05) is 0 Å². The zero-order valence-corrected chi connectivity index (χ0v) is 3.35. The highest BCUT2D eigenvalue weighted by molar-refractivity contribution is 5.66. The molecule has 0 aromatic carbocycles. The standard InChI is InChI=1S/C3H7NO2/c4-2-1-3(5)6/h1-2,4H2,(H,5,6)/i1+1,2+1,3+1,4+1. The van der Waals surface area contributed by atoms with Crippen molar-refractivity contribution in [2.75, 3.05) is 6.54 Å². The first kappa shape index (κ1) is 5.43. The molecule has 0 spiro atoms. The molecule has 0 amide bonds. The number of aliphatic carboxylic acids is 1. The molecule has 3 heteroatoms. The van der Waals surface area contributed by atoms with Crippen LogP contribution in [0, 0.1) is 0 Å². The van der Waals surface area contributed by atoms with E-state index in [2.05, 4.69) is 0 Å². The number of carboxylic acid groups (broad SMARTS) is 1. The van der Waals surface area contributed by atoms with Gasteiger partial charge < -0.3 is 10.8 Å². The molecule has 0 aromatic heterocycles. The van der Waals surface area contributed by atoms with Crippen LogP contribution in [0.5, 0.6) is 0 Å². The fraction of sp³-hybridized carbons (Fsp3) is 0.667. The summed E-state index contributed by atoms with van der Waals surface area (Å²) in [6.07, 6.45) is 0.0694. The Bertz CT molecular complexity index is 52.8. The molecule has 0 aliphatic carbocycles. The van der Waals surface area contributed by atoms with Gasteiger partial charge in [-0.05, 0) is 0 Å². The molecule has 0 aromatic rings. The van der Waals surface area contributed by atoms with E-state index in [-0.39, 0.29) is 13.0 Å². The van der Waals surface area contributed by atoms with Crippen molar-refractivity contribution in [3.8, 4) is 0 Å². The second kappa shape index (κ2) is 2.66. The summed E-state index contributed by atoms with van der Waals surface area (Å²) >= 11 is 0. The van der Waals surface area contributed by atoms with E-state index in [4.69, 9.17) is 10.8 Å². The highest BCUT2D eigenvalue weighted by Crippen LogP contribution is 1.67. The molecule has 3 N–H and O–H groups in total. The summed E-state index contributed by atoms with van der Waals surface area (Å²) in [4.78, 5) is 9.52. The van der Waals surface area contributed by atoms with Gasteiger partial charge >= 0.3 is 5.97 Å². The van der Waals surface area contributed by atoms with E-state index in [9.17, 15) is 4.79 Å². The Morgan fingerprint density at radius 3 is 2.33 bits per heavy atom. The first-order valence-electron chi connectivity index (χ1n) is 1.69. The van der Waals surface area contributed by atoms with Crippen LogP contribution >= 0.6 is 0 Å². The smallest absolute Gasteiger partial charge is 0.304 e. The van der Waals surface area contributed by atoms with Crippen molar-refractivity contribution < 1.29 is 9.90 Å². The minimum Gasteiger partial charge on any atom is -0.481 e. The SMILES string of the molecule is [15NH2][13CH2][13CH2][13C](=O)O. The Hall–Kier alpha value is -0.570. The molecule has 0 bridgehead atoms. The summed E-state index contributed by atoms with van der Waals surface area (Å²) in [6, 6.07) is 0. The number of nitrogens with two attached hydrogens (primary N) is 1. The molecule has 6 heavy (non-hydrogen) atoms. The van der Waals surface area contributed by atoms with Crippen molar-refractivity contribution >= 4 is 5.97 Å². The summed E-state index contributed by atoms with van der Waals surface area (Å²) in [6.45, 7) is 0.231. The summed E-state index contributed by atoms with van der Waals surface area (Å²) in [5.41, 5.74) is 4.85. The van der Waals surface area contributed by atoms with E-state index in [0.29, 0.717) is 0 Å². The first-order valence-corrected chi connectivity index (χ1v) is 1.69. The summed E-state index contributed by atoms with van der Waals surface area (Å²) in [7, 11) is 0. The van der Waals surface area contributed by atoms with E-state index in [1.807, 2.05) is 0 Å². The highest BCUT2D eigenvalue weighted by Gasteiger charge is 1.87. The normalized spacial score (nSPS) is 8.17. The van der Waals surface area contributed by atoms with Gasteiger partial charge in [-0.2, -0.15) is 0 Å². The number of carbonyl (C=O) groups is 1. The zero-order chi connectivity index (χ0) is 4.99. The van der Waals surface area contributed by atoms with Gasteiger partial charge in [0, 0.05) is 6.54 Å². The predicted molar refractivity (Wildman–Crippen MR) is 21.3 cm³/mol. The van der Waals surface area contributed by atoms with Crippen LogP contribution in [-0.2, 0) is 4.79 Å². The van der Waals surface area contributed by atoms with Crippen molar-refractivity contribution in [3.05, 3.63) is 0 Å². The van der Waals surface area contributed by atoms with Gasteiger partial charge in [0.15, 0.2) is 0 Å². The van der Waals surface area contributed by atoms with Gasteiger partial charge in [-0.25, -0.2) is 0 Å². The lowest BCUT2D eigenvalue weighted by atomic mass is 11.4. The van der Waals surface area contributed by atoms with Gasteiger partial charge in [0.25, 0.3) is 0 Å². The Balaban J connectivity index is 2.83. The topological polar surface area (TPSA) is 63.3 Å². The fourth-order valence-electron chi connectivity index (χ4n) is 0.123. The molecule has 0 atom stereocenters. The fourth-order valence-corrected chi connectivity index (χ4v) is 0.123. The van der Waals surface area contributed by atoms with Crippen molar-refractivity contribution in [3.63, 3.8) is 0 Å². The number of rotatable bonds is 2. The number of hydrogen-bond acceptors (Lipinski definition) is 2. The molecule has 0 aliphatic rings. The lowest BCUT2D eigenvalue weighted by Crippen LogP contribution is -2.05. The van der Waals surface area contributed by atoms with E-state index in [1.54, 1.807) is 0 Å². The molecule has 0 unspecified atom stereocenters. The minimum atomic E-state index is -0.836. The third-order valence-electron chi connectivity index (χ3n) is 0.358. The van der Waals surface area contributed by atoms with E-state index < -0.39 is 5.97 Å². The van der Waals surface area contributed by atoms with Crippen LogP contribution in [0.2, 0.25) is 0 Å².